The highest BCUT2D eigenvalue weighted by atomic mass is 32.1. The van der Waals surface area contributed by atoms with Crippen LogP contribution in [0.2, 0.25) is 0 Å². The van der Waals surface area contributed by atoms with Gasteiger partial charge in [-0.3, -0.25) is 4.79 Å². The summed E-state index contributed by atoms with van der Waals surface area (Å²) in [5, 5.41) is 13.7. The monoisotopic (exact) mass is 281 g/mol. The summed E-state index contributed by atoms with van der Waals surface area (Å²) in [5.74, 6) is -0.814. The summed E-state index contributed by atoms with van der Waals surface area (Å²) in [4.78, 5) is 24.3. The molecule has 1 fully saturated rings. The standard InChI is InChI=1S/C14H19NO3S/c1-3-4-11(14(17)18)15-13(16)10-7-9(10)12-8(2)5-6-19-12/h5-6,9-11H,3-4,7H2,1-2H3,(H,15,16)(H,17,18). The number of carboxylic acid groups (broad SMARTS) is 1. The summed E-state index contributed by atoms with van der Waals surface area (Å²) in [6, 6.07) is 1.31. The minimum absolute atomic E-state index is 0.0453. The zero-order valence-corrected chi connectivity index (χ0v) is 12.0. The zero-order valence-electron chi connectivity index (χ0n) is 11.2. The van der Waals surface area contributed by atoms with Crippen molar-refractivity contribution in [1.29, 1.82) is 0 Å². The van der Waals surface area contributed by atoms with Crippen LogP contribution in [-0.2, 0) is 9.59 Å². The average molecular weight is 281 g/mol. The summed E-state index contributed by atoms with van der Waals surface area (Å²) in [6.45, 7) is 3.97. The number of carbonyl (C=O) groups excluding carboxylic acids is 1. The molecular weight excluding hydrogens is 262 g/mol. The van der Waals surface area contributed by atoms with Crippen LogP contribution < -0.4 is 5.32 Å². The average Bonchev–Trinajstić information content (AvgIpc) is 3.04. The minimum atomic E-state index is -0.945. The number of carbonyl (C=O) groups is 2. The molecule has 1 amide bonds. The number of aryl methyl sites for hydroxylation is 1. The van der Waals surface area contributed by atoms with Crippen LogP contribution in [0, 0.1) is 12.8 Å². The van der Waals surface area contributed by atoms with Crippen molar-refractivity contribution in [2.75, 3.05) is 0 Å². The fourth-order valence-electron chi connectivity index (χ4n) is 2.36. The van der Waals surface area contributed by atoms with Gasteiger partial charge in [0, 0.05) is 16.7 Å². The molecule has 0 spiro atoms. The van der Waals surface area contributed by atoms with E-state index in [1.165, 1.54) is 10.4 Å². The summed E-state index contributed by atoms with van der Waals surface area (Å²) >= 11 is 1.68. The number of aliphatic carboxylic acids is 1. The van der Waals surface area contributed by atoms with E-state index in [1.54, 1.807) is 11.3 Å². The van der Waals surface area contributed by atoms with Gasteiger partial charge in [0.15, 0.2) is 0 Å². The minimum Gasteiger partial charge on any atom is -0.480 e. The van der Waals surface area contributed by atoms with Crippen molar-refractivity contribution in [1.82, 2.24) is 5.32 Å². The SMILES string of the molecule is CCCC(NC(=O)C1CC1c1sccc1C)C(=O)O. The number of carboxylic acids is 1. The van der Waals surface area contributed by atoms with Crippen LogP contribution >= 0.6 is 11.3 Å². The van der Waals surface area contributed by atoms with Gasteiger partial charge >= 0.3 is 5.97 Å². The van der Waals surface area contributed by atoms with Crippen LogP contribution in [0.3, 0.4) is 0 Å². The second-order valence-corrected chi connectivity index (χ2v) is 6.05. The molecule has 0 saturated heterocycles. The Morgan fingerprint density at radius 3 is 2.84 bits per heavy atom. The highest BCUT2D eigenvalue weighted by Crippen LogP contribution is 2.50. The van der Waals surface area contributed by atoms with Crippen LogP contribution in [0.15, 0.2) is 11.4 Å². The van der Waals surface area contributed by atoms with Crippen LogP contribution in [0.4, 0.5) is 0 Å². The van der Waals surface area contributed by atoms with E-state index in [4.69, 9.17) is 5.11 Å². The number of hydrogen-bond acceptors (Lipinski definition) is 3. The molecule has 0 aliphatic heterocycles. The third-order valence-electron chi connectivity index (χ3n) is 3.56. The van der Waals surface area contributed by atoms with Gasteiger partial charge < -0.3 is 10.4 Å². The highest BCUT2D eigenvalue weighted by Gasteiger charge is 2.45. The third kappa shape index (κ3) is 3.15. The normalized spacial score (nSPS) is 22.8. The Bertz CT molecular complexity index is 483. The molecule has 1 aliphatic carbocycles. The third-order valence-corrected chi connectivity index (χ3v) is 4.71. The molecule has 1 heterocycles. The summed E-state index contributed by atoms with van der Waals surface area (Å²) in [6.07, 6.45) is 2.07. The quantitative estimate of drug-likeness (QED) is 0.842. The molecule has 3 unspecified atom stereocenters. The van der Waals surface area contributed by atoms with Crippen LogP contribution in [0.1, 0.15) is 42.5 Å². The Kier molecular flexibility index (Phi) is 4.24. The molecule has 1 aromatic rings. The van der Waals surface area contributed by atoms with Crippen molar-refractivity contribution in [2.45, 2.75) is 45.1 Å². The van der Waals surface area contributed by atoms with E-state index in [-0.39, 0.29) is 17.7 Å². The van der Waals surface area contributed by atoms with Gasteiger partial charge in [0.2, 0.25) is 5.91 Å². The predicted molar refractivity (Wildman–Crippen MR) is 74.4 cm³/mol. The van der Waals surface area contributed by atoms with Gasteiger partial charge in [0.25, 0.3) is 0 Å². The predicted octanol–water partition coefficient (Wildman–Crippen LogP) is 2.53. The topological polar surface area (TPSA) is 66.4 Å². The van der Waals surface area contributed by atoms with Gasteiger partial charge in [-0.2, -0.15) is 0 Å². The molecular formula is C14H19NO3S. The molecule has 3 atom stereocenters. The lowest BCUT2D eigenvalue weighted by atomic mass is 10.1. The zero-order chi connectivity index (χ0) is 14.0. The molecule has 2 N–H and O–H groups in total. The number of rotatable bonds is 6. The Morgan fingerprint density at radius 1 is 1.58 bits per heavy atom. The van der Waals surface area contributed by atoms with Crippen LogP contribution in [0.25, 0.3) is 0 Å². The maximum absolute atomic E-state index is 12.0. The number of nitrogens with one attached hydrogen (secondary N) is 1. The van der Waals surface area contributed by atoms with Gasteiger partial charge in [-0.15, -0.1) is 11.3 Å². The smallest absolute Gasteiger partial charge is 0.326 e. The lowest BCUT2D eigenvalue weighted by Gasteiger charge is -2.13. The van der Waals surface area contributed by atoms with E-state index in [2.05, 4.69) is 18.3 Å². The van der Waals surface area contributed by atoms with Gasteiger partial charge in [-0.25, -0.2) is 4.79 Å². The highest BCUT2D eigenvalue weighted by molar-refractivity contribution is 7.10. The molecule has 19 heavy (non-hydrogen) atoms. The van der Waals surface area contributed by atoms with Crippen molar-refractivity contribution in [3.8, 4) is 0 Å². The van der Waals surface area contributed by atoms with Crippen LogP contribution in [0.5, 0.6) is 0 Å². The molecule has 0 radical (unpaired) electrons. The molecule has 0 bridgehead atoms. The molecule has 1 aromatic heterocycles. The van der Waals surface area contributed by atoms with E-state index < -0.39 is 12.0 Å². The first-order valence-electron chi connectivity index (χ1n) is 6.61. The molecule has 1 saturated carbocycles. The van der Waals surface area contributed by atoms with E-state index in [1.807, 2.05) is 12.3 Å². The maximum Gasteiger partial charge on any atom is 0.326 e. The summed E-state index contributed by atoms with van der Waals surface area (Å²) < 4.78 is 0. The number of thiophene rings is 1. The van der Waals surface area contributed by atoms with Crippen molar-refractivity contribution < 1.29 is 14.7 Å². The number of hydrogen-bond donors (Lipinski definition) is 2. The van der Waals surface area contributed by atoms with Gasteiger partial charge in [-0.1, -0.05) is 13.3 Å². The van der Waals surface area contributed by atoms with E-state index in [0.717, 1.165) is 12.8 Å². The first-order chi connectivity index (χ1) is 9.04. The first-order valence-corrected chi connectivity index (χ1v) is 7.49. The first kappa shape index (κ1) is 14.1. The lowest BCUT2D eigenvalue weighted by Crippen LogP contribution is -2.41. The molecule has 4 nitrogen and oxygen atoms in total. The summed E-state index contributed by atoms with van der Waals surface area (Å²) in [5.41, 5.74) is 1.23. The second kappa shape index (κ2) is 5.74. The molecule has 104 valence electrons. The maximum atomic E-state index is 12.0. The van der Waals surface area contributed by atoms with E-state index in [9.17, 15) is 9.59 Å². The van der Waals surface area contributed by atoms with Crippen molar-refractivity contribution >= 4 is 23.2 Å². The van der Waals surface area contributed by atoms with Crippen LogP contribution in [-0.4, -0.2) is 23.0 Å². The fraction of sp³-hybridized carbons (Fsp3) is 0.571. The fourth-order valence-corrected chi connectivity index (χ4v) is 3.47. The molecule has 0 aromatic carbocycles. The van der Waals surface area contributed by atoms with Crippen molar-refractivity contribution in [2.24, 2.45) is 5.92 Å². The Morgan fingerprint density at radius 2 is 2.32 bits per heavy atom. The van der Waals surface area contributed by atoms with Crippen molar-refractivity contribution in [3.63, 3.8) is 0 Å². The van der Waals surface area contributed by atoms with E-state index >= 15 is 0 Å². The Balaban J connectivity index is 1.92. The Labute approximate surface area is 116 Å². The van der Waals surface area contributed by atoms with Gasteiger partial charge in [0.1, 0.15) is 6.04 Å². The van der Waals surface area contributed by atoms with Gasteiger partial charge in [0.05, 0.1) is 0 Å². The molecule has 1 aliphatic rings. The molecule has 2 rings (SSSR count). The van der Waals surface area contributed by atoms with Gasteiger partial charge in [-0.05, 0) is 36.8 Å². The number of amides is 1. The second-order valence-electron chi connectivity index (χ2n) is 5.10. The Hall–Kier alpha value is -1.36. The largest absolute Gasteiger partial charge is 0.480 e. The lowest BCUT2D eigenvalue weighted by molar-refractivity contribution is -0.142. The van der Waals surface area contributed by atoms with Crippen molar-refractivity contribution in [3.05, 3.63) is 21.9 Å². The van der Waals surface area contributed by atoms with E-state index in [0.29, 0.717) is 6.42 Å². The summed E-state index contributed by atoms with van der Waals surface area (Å²) in [7, 11) is 0. The molecule has 5 heteroatoms.